The number of likely N-dealkylation sites (N-methyl/N-ethyl adjacent to an activating group) is 1. The van der Waals surface area contributed by atoms with Crippen LogP contribution in [0, 0.1) is 0 Å². The lowest BCUT2D eigenvalue weighted by atomic mass is 10.2. The van der Waals surface area contributed by atoms with Crippen LogP contribution in [0.1, 0.15) is 19.8 Å². The summed E-state index contributed by atoms with van der Waals surface area (Å²) in [6.45, 7) is 4.43. The Bertz CT molecular complexity index is 159. The van der Waals surface area contributed by atoms with Crippen LogP contribution in [0.2, 0.25) is 0 Å². The smallest absolute Gasteiger partial charge is 0.0950 e. The van der Waals surface area contributed by atoms with Crippen LogP contribution in [0.3, 0.4) is 0 Å². The average molecular weight is 171 g/mol. The number of hydrogen-bond acceptors (Lipinski definition) is 3. The van der Waals surface area contributed by atoms with Gasteiger partial charge in [-0.15, -0.1) is 0 Å². The van der Waals surface area contributed by atoms with Gasteiger partial charge in [0, 0.05) is 6.04 Å². The normalized spacial score (nSPS) is 36.2. The van der Waals surface area contributed by atoms with Crippen LogP contribution in [0.4, 0.5) is 0 Å². The Morgan fingerprint density at radius 2 is 2.17 bits per heavy atom. The highest BCUT2D eigenvalue weighted by molar-refractivity contribution is 4.92. The Morgan fingerprint density at radius 3 is 2.58 bits per heavy atom. The Kier molecular flexibility index (Phi) is 2.35. The molecular weight excluding hydrogens is 154 g/mol. The minimum absolute atomic E-state index is 0.259. The molecule has 0 spiro atoms. The number of nitrogens with zero attached hydrogens (tertiary/aromatic N) is 1. The lowest BCUT2D eigenvalue weighted by Gasteiger charge is -2.28. The summed E-state index contributed by atoms with van der Waals surface area (Å²) in [6.07, 6.45) is 2.35. The number of hydrogen-bond donors (Lipinski definition) is 1. The Hall–Kier alpha value is -0.120. The highest BCUT2D eigenvalue weighted by Crippen LogP contribution is 2.30. The molecule has 70 valence electrons. The van der Waals surface area contributed by atoms with Gasteiger partial charge in [0.1, 0.15) is 0 Å². The van der Waals surface area contributed by atoms with E-state index in [0.717, 1.165) is 12.6 Å². The molecule has 1 saturated heterocycles. The largest absolute Gasteiger partial charge is 0.389 e. The van der Waals surface area contributed by atoms with Gasteiger partial charge in [0.15, 0.2) is 0 Å². The fraction of sp³-hybridized carbons (Fsp3) is 1.00. The van der Waals surface area contributed by atoms with Gasteiger partial charge >= 0.3 is 0 Å². The summed E-state index contributed by atoms with van der Waals surface area (Å²) >= 11 is 0. The van der Waals surface area contributed by atoms with Crippen molar-refractivity contribution < 1.29 is 9.84 Å². The van der Waals surface area contributed by atoms with Crippen LogP contribution in [0.25, 0.3) is 0 Å². The van der Waals surface area contributed by atoms with Crippen LogP contribution in [0.5, 0.6) is 0 Å². The lowest BCUT2D eigenvalue weighted by molar-refractivity contribution is 0.0805. The summed E-state index contributed by atoms with van der Waals surface area (Å²) in [5.41, 5.74) is 0. The molecule has 3 heteroatoms. The van der Waals surface area contributed by atoms with E-state index in [1.54, 1.807) is 0 Å². The second-order valence-electron chi connectivity index (χ2n) is 3.73. The first kappa shape index (κ1) is 8.48. The van der Waals surface area contributed by atoms with E-state index in [2.05, 4.69) is 11.8 Å². The Balaban J connectivity index is 1.94. The molecule has 3 nitrogen and oxygen atoms in total. The fourth-order valence-electron chi connectivity index (χ4n) is 2.02. The maximum atomic E-state index is 9.60. The number of aliphatic hydroxyl groups is 1. The highest BCUT2D eigenvalue weighted by Gasteiger charge is 2.38. The molecule has 0 aromatic carbocycles. The van der Waals surface area contributed by atoms with Gasteiger partial charge in [0.2, 0.25) is 0 Å². The minimum Gasteiger partial charge on any atom is -0.389 e. The first-order valence-corrected chi connectivity index (χ1v) is 4.84. The third-order valence-corrected chi connectivity index (χ3v) is 2.83. The predicted molar refractivity (Wildman–Crippen MR) is 46.0 cm³/mol. The van der Waals surface area contributed by atoms with Crippen molar-refractivity contribution in [2.24, 2.45) is 0 Å². The summed E-state index contributed by atoms with van der Waals surface area (Å²) in [5, 5.41) is 9.60. The summed E-state index contributed by atoms with van der Waals surface area (Å²) in [4.78, 5) is 2.39. The molecule has 0 amide bonds. The van der Waals surface area contributed by atoms with E-state index >= 15 is 0 Å². The molecule has 2 aliphatic rings. The number of rotatable bonds is 3. The number of aliphatic hydroxyl groups excluding tert-OH is 1. The number of ether oxygens (including phenoxy) is 1. The predicted octanol–water partition coefficient (Wildman–Crippen LogP) is 0.230. The maximum absolute atomic E-state index is 9.60. The van der Waals surface area contributed by atoms with Crippen molar-refractivity contribution in [3.8, 4) is 0 Å². The van der Waals surface area contributed by atoms with Gasteiger partial charge in [-0.1, -0.05) is 6.92 Å². The second-order valence-corrected chi connectivity index (χ2v) is 3.73. The van der Waals surface area contributed by atoms with Crippen molar-refractivity contribution >= 4 is 0 Å². The van der Waals surface area contributed by atoms with Gasteiger partial charge in [-0.25, -0.2) is 0 Å². The van der Waals surface area contributed by atoms with Crippen LogP contribution < -0.4 is 0 Å². The van der Waals surface area contributed by atoms with Crippen LogP contribution >= 0.6 is 0 Å². The lowest BCUT2D eigenvalue weighted by Crippen LogP contribution is -2.44. The van der Waals surface area contributed by atoms with Gasteiger partial charge in [0.25, 0.3) is 0 Å². The van der Waals surface area contributed by atoms with E-state index in [0.29, 0.717) is 13.2 Å². The molecule has 0 bridgehead atoms. The summed E-state index contributed by atoms with van der Waals surface area (Å²) in [6, 6.07) is 0.999. The van der Waals surface area contributed by atoms with Crippen LogP contribution in [-0.4, -0.2) is 48.0 Å². The Labute approximate surface area is 73.3 Å². The summed E-state index contributed by atoms with van der Waals surface area (Å²) in [7, 11) is 0. The van der Waals surface area contributed by atoms with E-state index in [1.165, 1.54) is 12.8 Å². The molecule has 2 atom stereocenters. The van der Waals surface area contributed by atoms with E-state index < -0.39 is 0 Å². The quantitative estimate of drug-likeness (QED) is 0.660. The molecule has 1 aliphatic carbocycles. The molecule has 0 aromatic rings. The fourth-order valence-corrected chi connectivity index (χ4v) is 2.02. The molecule has 2 unspecified atom stereocenters. The summed E-state index contributed by atoms with van der Waals surface area (Å²) in [5.74, 6) is 0. The molecule has 1 saturated carbocycles. The van der Waals surface area contributed by atoms with E-state index in [4.69, 9.17) is 4.74 Å². The molecule has 1 N–H and O–H groups in total. The topological polar surface area (TPSA) is 32.7 Å². The summed E-state index contributed by atoms with van der Waals surface area (Å²) < 4.78 is 5.24. The van der Waals surface area contributed by atoms with Gasteiger partial charge in [-0.05, 0) is 19.4 Å². The average Bonchev–Trinajstić information content (AvgIpc) is 2.80. The minimum atomic E-state index is -0.259. The van der Waals surface area contributed by atoms with Crippen molar-refractivity contribution in [3.05, 3.63) is 0 Å². The zero-order valence-electron chi connectivity index (χ0n) is 7.57. The molecule has 2 fully saturated rings. The van der Waals surface area contributed by atoms with Gasteiger partial charge in [-0.3, -0.25) is 4.90 Å². The molecule has 1 aliphatic heterocycles. The standard InChI is InChI=1S/C9H17NO2/c1-2-10(7-3-4-7)8-5-12-6-9(8)11/h7-9,11H,2-6H2,1H3. The van der Waals surface area contributed by atoms with Gasteiger partial charge in [-0.2, -0.15) is 0 Å². The highest BCUT2D eigenvalue weighted by atomic mass is 16.5. The molecule has 12 heavy (non-hydrogen) atoms. The van der Waals surface area contributed by atoms with Crippen LogP contribution in [0.15, 0.2) is 0 Å². The zero-order valence-corrected chi connectivity index (χ0v) is 7.57. The third-order valence-electron chi connectivity index (χ3n) is 2.83. The van der Waals surface area contributed by atoms with Crippen LogP contribution in [-0.2, 0) is 4.74 Å². The zero-order chi connectivity index (χ0) is 8.55. The van der Waals surface area contributed by atoms with Crippen molar-refractivity contribution in [2.75, 3.05) is 19.8 Å². The van der Waals surface area contributed by atoms with E-state index in [-0.39, 0.29) is 12.1 Å². The van der Waals surface area contributed by atoms with Crippen molar-refractivity contribution in [1.82, 2.24) is 4.90 Å². The SMILES string of the molecule is CCN(C1CC1)C1COCC1O. The van der Waals surface area contributed by atoms with E-state index in [9.17, 15) is 5.11 Å². The van der Waals surface area contributed by atoms with Crippen molar-refractivity contribution in [2.45, 2.75) is 38.0 Å². The molecule has 0 aromatic heterocycles. The van der Waals surface area contributed by atoms with Gasteiger partial charge in [0.05, 0.1) is 25.4 Å². The van der Waals surface area contributed by atoms with E-state index in [1.807, 2.05) is 0 Å². The molecule has 1 heterocycles. The Morgan fingerprint density at radius 1 is 1.42 bits per heavy atom. The van der Waals surface area contributed by atoms with Crippen molar-refractivity contribution in [3.63, 3.8) is 0 Å². The first-order valence-electron chi connectivity index (χ1n) is 4.84. The van der Waals surface area contributed by atoms with Crippen molar-refractivity contribution in [1.29, 1.82) is 0 Å². The third kappa shape index (κ3) is 1.49. The first-order chi connectivity index (χ1) is 5.83. The molecule has 2 rings (SSSR count). The van der Waals surface area contributed by atoms with Gasteiger partial charge < -0.3 is 9.84 Å². The maximum Gasteiger partial charge on any atom is 0.0950 e. The monoisotopic (exact) mass is 171 g/mol. The second kappa shape index (κ2) is 3.32. The molecular formula is C9H17NO2. The molecule has 0 radical (unpaired) electrons.